The summed E-state index contributed by atoms with van der Waals surface area (Å²) in [4.78, 5) is 12.8. The van der Waals surface area contributed by atoms with Crippen LogP contribution >= 0.6 is 0 Å². The van der Waals surface area contributed by atoms with Crippen LogP contribution < -0.4 is 5.32 Å². The van der Waals surface area contributed by atoms with Crippen molar-refractivity contribution < 1.29 is 28.5 Å². The number of carbonyl (C=O) groups is 1. The van der Waals surface area contributed by atoms with Crippen LogP contribution in [-0.4, -0.2) is 54.7 Å². The summed E-state index contributed by atoms with van der Waals surface area (Å²) in [6.07, 6.45) is -1.36. The lowest BCUT2D eigenvalue weighted by molar-refractivity contribution is -0.223. The molecule has 154 valence electrons. The number of rotatable bonds is 4. The summed E-state index contributed by atoms with van der Waals surface area (Å²) in [5.41, 5.74) is 2.09. The fourth-order valence-corrected chi connectivity index (χ4v) is 4.14. The first kappa shape index (κ1) is 19.8. The first-order valence-corrected chi connectivity index (χ1v) is 9.80. The van der Waals surface area contributed by atoms with Crippen LogP contribution in [0.4, 0.5) is 0 Å². The van der Waals surface area contributed by atoms with Gasteiger partial charge in [0, 0.05) is 0 Å². The minimum absolute atomic E-state index is 0.0867. The Morgan fingerprint density at radius 2 is 1.89 bits per heavy atom. The van der Waals surface area contributed by atoms with Crippen LogP contribution in [0.15, 0.2) is 24.3 Å². The Hall–Kier alpha value is -1.51. The SMILES string of the molecule is Cc1cccc(CC(=O)N[C@H]2[C@H]3OC(C)(C)O[C@H]3O[C@@H]2C2COC(C)(C)O2)c1. The van der Waals surface area contributed by atoms with Gasteiger partial charge in [0.1, 0.15) is 18.3 Å². The van der Waals surface area contributed by atoms with Crippen molar-refractivity contribution in [3.8, 4) is 0 Å². The topological polar surface area (TPSA) is 75.3 Å². The molecule has 5 atom stereocenters. The number of benzene rings is 1. The smallest absolute Gasteiger partial charge is 0.224 e. The molecule has 1 N–H and O–H groups in total. The van der Waals surface area contributed by atoms with E-state index in [1.165, 1.54) is 0 Å². The number of hydrogen-bond acceptors (Lipinski definition) is 6. The standard InChI is InChI=1S/C21H29NO6/c1-12-7-6-8-13(9-12)10-15(23)22-16-17(14-11-24-20(2,3)26-14)25-19-18(16)27-21(4,5)28-19/h6-9,14,16-19H,10-11H2,1-5H3,(H,22,23)/t14?,16-,17-,18-,19-/m1/s1. The van der Waals surface area contributed by atoms with Crippen molar-refractivity contribution in [2.24, 2.45) is 0 Å². The van der Waals surface area contributed by atoms with Gasteiger partial charge in [-0.2, -0.15) is 0 Å². The van der Waals surface area contributed by atoms with Crippen molar-refractivity contribution in [1.82, 2.24) is 5.32 Å². The van der Waals surface area contributed by atoms with Gasteiger partial charge in [-0.15, -0.1) is 0 Å². The summed E-state index contributed by atoms with van der Waals surface area (Å²) in [7, 11) is 0. The lowest BCUT2D eigenvalue weighted by Crippen LogP contribution is -2.52. The summed E-state index contributed by atoms with van der Waals surface area (Å²) in [6, 6.07) is 7.55. The molecule has 0 saturated carbocycles. The predicted molar refractivity (Wildman–Crippen MR) is 100 cm³/mol. The number of amides is 1. The van der Waals surface area contributed by atoms with Gasteiger partial charge >= 0.3 is 0 Å². The molecule has 28 heavy (non-hydrogen) atoms. The molecule has 0 spiro atoms. The van der Waals surface area contributed by atoms with Crippen molar-refractivity contribution in [3.05, 3.63) is 35.4 Å². The Kier molecular flexibility index (Phi) is 5.00. The van der Waals surface area contributed by atoms with E-state index in [0.29, 0.717) is 13.0 Å². The predicted octanol–water partition coefficient (Wildman–Crippen LogP) is 2.05. The molecular weight excluding hydrogens is 362 g/mol. The molecule has 1 aromatic carbocycles. The van der Waals surface area contributed by atoms with E-state index in [2.05, 4.69) is 5.32 Å². The maximum atomic E-state index is 12.8. The molecule has 1 amide bonds. The monoisotopic (exact) mass is 391 g/mol. The lowest BCUT2D eigenvalue weighted by Gasteiger charge is -2.29. The molecule has 3 aliphatic heterocycles. The summed E-state index contributed by atoms with van der Waals surface area (Å²) < 4.78 is 29.7. The minimum atomic E-state index is -0.758. The second kappa shape index (κ2) is 7.07. The quantitative estimate of drug-likeness (QED) is 0.847. The van der Waals surface area contributed by atoms with Crippen molar-refractivity contribution in [2.75, 3.05) is 6.61 Å². The van der Waals surface area contributed by atoms with E-state index in [4.69, 9.17) is 23.7 Å². The van der Waals surface area contributed by atoms with Crippen LogP contribution in [-0.2, 0) is 34.9 Å². The third-order valence-electron chi connectivity index (χ3n) is 5.26. The fourth-order valence-electron chi connectivity index (χ4n) is 4.14. The molecule has 0 radical (unpaired) electrons. The Bertz CT molecular complexity index is 748. The summed E-state index contributed by atoms with van der Waals surface area (Å²) in [6.45, 7) is 9.82. The van der Waals surface area contributed by atoms with Crippen LogP contribution in [0.3, 0.4) is 0 Å². The molecule has 1 unspecified atom stereocenters. The number of aryl methyl sites for hydroxylation is 1. The molecule has 0 aromatic heterocycles. The number of nitrogens with one attached hydrogen (secondary N) is 1. The summed E-state index contributed by atoms with van der Waals surface area (Å²) in [5.74, 6) is -1.52. The molecular formula is C21H29NO6. The van der Waals surface area contributed by atoms with Crippen molar-refractivity contribution >= 4 is 5.91 Å². The number of fused-ring (bicyclic) bond motifs is 1. The Labute approximate surface area is 165 Å². The first-order valence-electron chi connectivity index (χ1n) is 9.80. The van der Waals surface area contributed by atoms with Gasteiger partial charge in [0.05, 0.1) is 19.1 Å². The molecule has 3 fully saturated rings. The van der Waals surface area contributed by atoms with Gasteiger partial charge in [-0.1, -0.05) is 29.8 Å². The van der Waals surface area contributed by atoms with E-state index in [9.17, 15) is 4.79 Å². The highest BCUT2D eigenvalue weighted by Crippen LogP contribution is 2.40. The zero-order chi connectivity index (χ0) is 20.1. The van der Waals surface area contributed by atoms with Crippen molar-refractivity contribution in [2.45, 2.75) is 83.3 Å². The Morgan fingerprint density at radius 3 is 2.57 bits per heavy atom. The van der Waals surface area contributed by atoms with E-state index in [1.54, 1.807) is 0 Å². The maximum absolute atomic E-state index is 12.8. The maximum Gasteiger partial charge on any atom is 0.224 e. The van der Waals surface area contributed by atoms with Gasteiger partial charge in [-0.25, -0.2) is 0 Å². The normalized spacial score (nSPS) is 35.7. The molecule has 4 rings (SSSR count). The lowest BCUT2D eigenvalue weighted by atomic mass is 10.0. The number of hydrogen-bond donors (Lipinski definition) is 1. The van der Waals surface area contributed by atoms with Gasteiger partial charge in [-0.3, -0.25) is 4.79 Å². The zero-order valence-corrected chi connectivity index (χ0v) is 17.1. The average Bonchev–Trinajstić information content (AvgIpc) is 3.18. The van der Waals surface area contributed by atoms with Crippen LogP contribution in [0.5, 0.6) is 0 Å². The van der Waals surface area contributed by atoms with Crippen LogP contribution in [0, 0.1) is 6.92 Å². The molecule has 7 nitrogen and oxygen atoms in total. The molecule has 0 bridgehead atoms. The summed E-state index contributed by atoms with van der Waals surface area (Å²) >= 11 is 0. The highest BCUT2D eigenvalue weighted by atomic mass is 16.8. The highest BCUT2D eigenvalue weighted by Gasteiger charge is 2.58. The third kappa shape index (κ3) is 4.09. The Morgan fingerprint density at radius 1 is 1.11 bits per heavy atom. The fraction of sp³-hybridized carbons (Fsp3) is 0.667. The van der Waals surface area contributed by atoms with Gasteiger partial charge in [0.15, 0.2) is 17.9 Å². The van der Waals surface area contributed by atoms with Gasteiger partial charge < -0.3 is 29.0 Å². The molecule has 0 aliphatic carbocycles. The Balaban J connectivity index is 1.49. The largest absolute Gasteiger partial charge is 0.348 e. The van der Waals surface area contributed by atoms with E-state index in [0.717, 1.165) is 11.1 Å². The average molecular weight is 391 g/mol. The first-order chi connectivity index (χ1) is 13.1. The number of ether oxygens (including phenoxy) is 5. The number of carbonyl (C=O) groups excluding carboxylic acids is 1. The van der Waals surface area contributed by atoms with Crippen LogP contribution in [0.25, 0.3) is 0 Å². The molecule has 3 aliphatic rings. The van der Waals surface area contributed by atoms with E-state index in [-0.39, 0.29) is 18.1 Å². The van der Waals surface area contributed by atoms with E-state index in [1.807, 2.05) is 58.9 Å². The second-order valence-electron chi connectivity index (χ2n) is 8.70. The van der Waals surface area contributed by atoms with E-state index >= 15 is 0 Å². The molecule has 3 heterocycles. The van der Waals surface area contributed by atoms with Gasteiger partial charge in [-0.05, 0) is 40.2 Å². The van der Waals surface area contributed by atoms with Gasteiger partial charge in [0.25, 0.3) is 0 Å². The highest BCUT2D eigenvalue weighted by molar-refractivity contribution is 5.79. The van der Waals surface area contributed by atoms with Crippen LogP contribution in [0.1, 0.15) is 38.8 Å². The second-order valence-corrected chi connectivity index (χ2v) is 8.70. The third-order valence-corrected chi connectivity index (χ3v) is 5.26. The van der Waals surface area contributed by atoms with Gasteiger partial charge in [0.2, 0.25) is 5.91 Å². The minimum Gasteiger partial charge on any atom is -0.348 e. The molecule has 3 saturated heterocycles. The summed E-state index contributed by atoms with van der Waals surface area (Å²) in [5, 5.41) is 3.11. The van der Waals surface area contributed by atoms with E-state index < -0.39 is 30.1 Å². The molecule has 1 aromatic rings. The van der Waals surface area contributed by atoms with Crippen LogP contribution in [0.2, 0.25) is 0 Å². The zero-order valence-electron chi connectivity index (χ0n) is 17.1. The van der Waals surface area contributed by atoms with Crippen molar-refractivity contribution in [1.29, 1.82) is 0 Å². The van der Waals surface area contributed by atoms with Crippen molar-refractivity contribution in [3.63, 3.8) is 0 Å². The molecule has 7 heteroatoms.